The third-order valence-electron chi connectivity index (χ3n) is 2.01. The monoisotopic (exact) mass is 190 g/mol. The number of nitrogens with one attached hydrogen (secondary N) is 2. The summed E-state index contributed by atoms with van der Waals surface area (Å²) in [5, 5.41) is 6.16. The van der Waals surface area contributed by atoms with E-state index in [1.807, 2.05) is 19.1 Å². The van der Waals surface area contributed by atoms with Crippen LogP contribution in [0.3, 0.4) is 0 Å². The maximum Gasteiger partial charge on any atom is 0.340 e. The number of nitrogen functional groups attached to an aromatic ring is 1. The number of nitrogens with zero attached hydrogens (tertiary/aromatic N) is 1. The SMILES string of the molecule is Cc1cc(N)ccc1-c1n[nH]c(=O)[nH]1. The van der Waals surface area contributed by atoms with E-state index in [-0.39, 0.29) is 5.69 Å². The van der Waals surface area contributed by atoms with Crippen molar-refractivity contribution in [2.45, 2.75) is 6.92 Å². The number of nitrogens with two attached hydrogens (primary N) is 1. The van der Waals surface area contributed by atoms with Gasteiger partial charge in [0.05, 0.1) is 0 Å². The van der Waals surface area contributed by atoms with Crippen LogP contribution in [0.4, 0.5) is 5.69 Å². The van der Waals surface area contributed by atoms with E-state index in [1.54, 1.807) is 6.07 Å². The average Bonchev–Trinajstić information content (AvgIpc) is 2.51. The summed E-state index contributed by atoms with van der Waals surface area (Å²) in [7, 11) is 0. The standard InChI is InChI=1S/C9H10N4O/c1-5-4-6(10)2-3-7(5)8-11-9(14)13-12-8/h2-4H,10H2,1H3,(H2,11,12,13,14). The van der Waals surface area contributed by atoms with E-state index in [9.17, 15) is 4.79 Å². The van der Waals surface area contributed by atoms with Crippen LogP contribution in [0.1, 0.15) is 5.56 Å². The van der Waals surface area contributed by atoms with Crippen LogP contribution in [0.15, 0.2) is 23.0 Å². The smallest absolute Gasteiger partial charge is 0.340 e. The van der Waals surface area contributed by atoms with Crippen molar-refractivity contribution in [2.24, 2.45) is 0 Å². The van der Waals surface area contributed by atoms with E-state index in [4.69, 9.17) is 5.73 Å². The lowest BCUT2D eigenvalue weighted by molar-refractivity contribution is 1.05. The molecule has 0 atom stereocenters. The Bertz CT molecular complexity index is 512. The van der Waals surface area contributed by atoms with Crippen LogP contribution in [0.2, 0.25) is 0 Å². The van der Waals surface area contributed by atoms with Gasteiger partial charge in [-0.25, -0.2) is 9.89 Å². The molecule has 2 rings (SSSR count). The number of hydrogen-bond acceptors (Lipinski definition) is 3. The van der Waals surface area contributed by atoms with Gasteiger partial charge in [0.15, 0.2) is 5.82 Å². The lowest BCUT2D eigenvalue weighted by atomic mass is 10.1. The van der Waals surface area contributed by atoms with E-state index >= 15 is 0 Å². The molecule has 5 nitrogen and oxygen atoms in total. The number of benzene rings is 1. The van der Waals surface area contributed by atoms with Crippen molar-refractivity contribution in [1.29, 1.82) is 0 Å². The van der Waals surface area contributed by atoms with Gasteiger partial charge in [0.25, 0.3) is 0 Å². The largest absolute Gasteiger partial charge is 0.399 e. The normalized spacial score (nSPS) is 10.4. The number of aryl methyl sites for hydroxylation is 1. The fourth-order valence-electron chi connectivity index (χ4n) is 1.35. The molecule has 0 saturated carbocycles. The Hall–Kier alpha value is -2.04. The quantitative estimate of drug-likeness (QED) is 0.577. The summed E-state index contributed by atoms with van der Waals surface area (Å²) < 4.78 is 0. The Balaban J connectivity index is 2.57. The first-order valence-electron chi connectivity index (χ1n) is 4.18. The second kappa shape index (κ2) is 3.02. The first-order valence-corrected chi connectivity index (χ1v) is 4.18. The molecular formula is C9H10N4O. The molecule has 0 bridgehead atoms. The molecule has 1 heterocycles. The van der Waals surface area contributed by atoms with Gasteiger partial charge in [-0.3, -0.25) is 4.98 Å². The number of anilines is 1. The van der Waals surface area contributed by atoms with Crippen molar-refractivity contribution >= 4 is 5.69 Å². The van der Waals surface area contributed by atoms with E-state index in [1.165, 1.54) is 0 Å². The molecule has 0 aliphatic rings. The lowest BCUT2D eigenvalue weighted by Gasteiger charge is -2.02. The van der Waals surface area contributed by atoms with E-state index in [0.717, 1.165) is 11.1 Å². The van der Waals surface area contributed by atoms with Gasteiger partial charge in [-0.1, -0.05) is 0 Å². The highest BCUT2D eigenvalue weighted by molar-refractivity contribution is 5.63. The van der Waals surface area contributed by atoms with Crippen LogP contribution in [-0.4, -0.2) is 15.2 Å². The number of aromatic amines is 2. The summed E-state index contributed by atoms with van der Waals surface area (Å²) in [6.45, 7) is 1.92. The first-order chi connectivity index (χ1) is 6.66. The molecule has 0 spiro atoms. The Labute approximate surface area is 80.0 Å². The van der Waals surface area contributed by atoms with Crippen molar-refractivity contribution < 1.29 is 0 Å². The highest BCUT2D eigenvalue weighted by Gasteiger charge is 2.05. The zero-order chi connectivity index (χ0) is 10.1. The molecule has 1 aromatic carbocycles. The van der Waals surface area contributed by atoms with E-state index in [0.29, 0.717) is 11.5 Å². The lowest BCUT2D eigenvalue weighted by Crippen LogP contribution is -2.00. The third kappa shape index (κ3) is 1.39. The fraction of sp³-hybridized carbons (Fsp3) is 0.111. The van der Waals surface area contributed by atoms with Gasteiger partial charge in [0, 0.05) is 11.3 Å². The number of hydrogen-bond donors (Lipinski definition) is 3. The van der Waals surface area contributed by atoms with Crippen LogP contribution in [0.5, 0.6) is 0 Å². The maximum atomic E-state index is 10.8. The fourth-order valence-corrected chi connectivity index (χ4v) is 1.35. The maximum absolute atomic E-state index is 10.8. The second-order valence-corrected chi connectivity index (χ2v) is 3.10. The predicted molar refractivity (Wildman–Crippen MR) is 53.8 cm³/mol. The van der Waals surface area contributed by atoms with Crippen LogP contribution in [0, 0.1) is 6.92 Å². The van der Waals surface area contributed by atoms with Crippen molar-refractivity contribution in [3.05, 3.63) is 34.2 Å². The van der Waals surface area contributed by atoms with Crippen molar-refractivity contribution in [3.8, 4) is 11.4 Å². The summed E-state index contributed by atoms with van der Waals surface area (Å²) in [5.74, 6) is 0.535. The molecule has 72 valence electrons. The highest BCUT2D eigenvalue weighted by Crippen LogP contribution is 2.20. The highest BCUT2D eigenvalue weighted by atomic mass is 16.1. The second-order valence-electron chi connectivity index (χ2n) is 3.10. The summed E-state index contributed by atoms with van der Waals surface area (Å²) in [5.41, 5.74) is 7.85. The molecule has 4 N–H and O–H groups in total. The van der Waals surface area contributed by atoms with Crippen molar-refractivity contribution in [2.75, 3.05) is 5.73 Å². The van der Waals surface area contributed by atoms with E-state index in [2.05, 4.69) is 15.2 Å². The Morgan fingerprint density at radius 2 is 2.21 bits per heavy atom. The third-order valence-corrected chi connectivity index (χ3v) is 2.01. The summed E-state index contributed by atoms with van der Waals surface area (Å²) in [6.07, 6.45) is 0. The van der Waals surface area contributed by atoms with Gasteiger partial charge in [0.2, 0.25) is 0 Å². The van der Waals surface area contributed by atoms with Crippen LogP contribution in [0.25, 0.3) is 11.4 Å². The molecule has 0 unspecified atom stereocenters. The molecule has 0 aliphatic heterocycles. The summed E-state index contributed by atoms with van der Waals surface area (Å²) in [6, 6.07) is 5.44. The zero-order valence-corrected chi connectivity index (χ0v) is 7.66. The van der Waals surface area contributed by atoms with Crippen LogP contribution >= 0.6 is 0 Å². The van der Waals surface area contributed by atoms with Crippen LogP contribution < -0.4 is 11.4 Å². The van der Waals surface area contributed by atoms with Gasteiger partial charge in [-0.15, -0.1) is 0 Å². The van der Waals surface area contributed by atoms with Crippen molar-refractivity contribution in [1.82, 2.24) is 15.2 Å². The molecule has 14 heavy (non-hydrogen) atoms. The molecule has 0 fully saturated rings. The summed E-state index contributed by atoms with van der Waals surface area (Å²) >= 11 is 0. The van der Waals surface area contributed by atoms with Crippen LogP contribution in [-0.2, 0) is 0 Å². The van der Waals surface area contributed by atoms with Gasteiger partial charge < -0.3 is 5.73 Å². The molecule has 0 saturated heterocycles. The minimum absolute atomic E-state index is 0.309. The Morgan fingerprint density at radius 3 is 2.79 bits per heavy atom. The Morgan fingerprint density at radius 1 is 1.43 bits per heavy atom. The molecule has 0 aliphatic carbocycles. The average molecular weight is 190 g/mol. The van der Waals surface area contributed by atoms with Gasteiger partial charge in [-0.05, 0) is 30.7 Å². The minimum Gasteiger partial charge on any atom is -0.399 e. The molecular weight excluding hydrogens is 180 g/mol. The Kier molecular flexibility index (Phi) is 1.85. The zero-order valence-electron chi connectivity index (χ0n) is 7.66. The molecule has 2 aromatic rings. The number of aromatic nitrogens is 3. The molecule has 5 heteroatoms. The molecule has 0 amide bonds. The molecule has 0 radical (unpaired) electrons. The topological polar surface area (TPSA) is 87.6 Å². The summed E-state index contributed by atoms with van der Waals surface area (Å²) in [4.78, 5) is 13.4. The van der Waals surface area contributed by atoms with Crippen molar-refractivity contribution in [3.63, 3.8) is 0 Å². The van der Waals surface area contributed by atoms with E-state index < -0.39 is 0 Å². The number of rotatable bonds is 1. The molecule has 1 aromatic heterocycles. The first kappa shape index (κ1) is 8.55. The van der Waals surface area contributed by atoms with Gasteiger partial charge >= 0.3 is 5.69 Å². The van der Waals surface area contributed by atoms with Gasteiger partial charge in [-0.2, -0.15) is 5.10 Å². The van der Waals surface area contributed by atoms with Gasteiger partial charge in [0.1, 0.15) is 0 Å². The minimum atomic E-state index is -0.309. The number of H-pyrrole nitrogens is 2. The predicted octanol–water partition coefficient (Wildman–Crippen LogP) is 0.656.